The summed E-state index contributed by atoms with van der Waals surface area (Å²) in [5.41, 5.74) is 5.44. The predicted octanol–water partition coefficient (Wildman–Crippen LogP) is 4.62. The summed E-state index contributed by atoms with van der Waals surface area (Å²) in [6.45, 7) is 11.5. The Morgan fingerprint density at radius 3 is 2.23 bits per heavy atom. The van der Waals surface area contributed by atoms with Crippen LogP contribution < -0.4 is 16.4 Å². The van der Waals surface area contributed by atoms with Crippen LogP contribution in [0, 0.1) is 6.92 Å². The summed E-state index contributed by atoms with van der Waals surface area (Å²) in [6.07, 6.45) is 5.78. The number of carbonyl (C=O) groups is 4. The van der Waals surface area contributed by atoms with Gasteiger partial charge < -0.3 is 31.1 Å². The van der Waals surface area contributed by atoms with Crippen LogP contribution in [0.4, 0.5) is 4.79 Å². The molecule has 0 bridgehead atoms. The molecule has 2 unspecified atom stereocenters. The number of alkyl carbamates (subject to hydrolysis) is 1. The standard InChI is InChI=1S/C30H50N4O6/c1-7-9-11-12-14-19-34(28(38)23(20-24(31)35)33-29(39)40-30(4,5)6)25(27(37)32-18-13-10-8-2)22-17-15-16-21(3)26(22)36/h15-17,23,25,36H,7-14,18-20H2,1-6H3,(H2,31,35)(H,32,37)(H,33,39). The Morgan fingerprint density at radius 2 is 1.62 bits per heavy atom. The molecule has 1 rings (SSSR count). The van der Waals surface area contributed by atoms with Crippen LogP contribution in [0.5, 0.6) is 5.75 Å². The molecule has 0 aromatic heterocycles. The summed E-state index contributed by atoms with van der Waals surface area (Å²) in [7, 11) is 0. The van der Waals surface area contributed by atoms with Crippen molar-refractivity contribution in [1.82, 2.24) is 15.5 Å². The zero-order valence-corrected chi connectivity index (χ0v) is 25.2. The molecule has 40 heavy (non-hydrogen) atoms. The first-order valence-electron chi connectivity index (χ1n) is 14.5. The first kappa shape index (κ1) is 34.7. The fourth-order valence-electron chi connectivity index (χ4n) is 4.34. The van der Waals surface area contributed by atoms with E-state index in [2.05, 4.69) is 24.5 Å². The van der Waals surface area contributed by atoms with Crippen molar-refractivity contribution in [3.05, 3.63) is 29.3 Å². The van der Waals surface area contributed by atoms with Crippen LogP contribution in [-0.2, 0) is 19.1 Å². The fourth-order valence-corrected chi connectivity index (χ4v) is 4.34. The van der Waals surface area contributed by atoms with E-state index in [-0.39, 0.29) is 17.9 Å². The maximum atomic E-state index is 14.1. The number of ether oxygens (including phenoxy) is 1. The molecule has 0 aliphatic carbocycles. The van der Waals surface area contributed by atoms with Crippen molar-refractivity contribution >= 4 is 23.8 Å². The highest BCUT2D eigenvalue weighted by molar-refractivity contribution is 5.94. The van der Waals surface area contributed by atoms with E-state index in [0.29, 0.717) is 18.5 Å². The molecule has 0 spiro atoms. The predicted molar refractivity (Wildman–Crippen MR) is 156 cm³/mol. The van der Waals surface area contributed by atoms with Crippen molar-refractivity contribution in [3.8, 4) is 5.75 Å². The SMILES string of the molecule is CCCCCCCN(C(=O)C(CC(N)=O)NC(=O)OC(C)(C)C)C(C(=O)NCCCCC)c1cccc(C)c1O. The van der Waals surface area contributed by atoms with E-state index in [0.717, 1.165) is 44.9 Å². The molecule has 0 saturated carbocycles. The first-order chi connectivity index (χ1) is 18.8. The third kappa shape index (κ3) is 12.3. The highest BCUT2D eigenvalue weighted by Gasteiger charge is 2.38. The van der Waals surface area contributed by atoms with Crippen LogP contribution >= 0.6 is 0 Å². The topological polar surface area (TPSA) is 151 Å². The largest absolute Gasteiger partial charge is 0.507 e. The van der Waals surface area contributed by atoms with Gasteiger partial charge in [0.1, 0.15) is 23.4 Å². The van der Waals surface area contributed by atoms with Crippen LogP contribution in [-0.4, -0.2) is 58.6 Å². The fraction of sp³-hybridized carbons (Fsp3) is 0.667. The molecule has 0 saturated heterocycles. The highest BCUT2D eigenvalue weighted by Crippen LogP contribution is 2.32. The first-order valence-corrected chi connectivity index (χ1v) is 14.5. The lowest BCUT2D eigenvalue weighted by molar-refractivity contribution is -0.143. The van der Waals surface area contributed by atoms with E-state index in [1.807, 2.05) is 0 Å². The summed E-state index contributed by atoms with van der Waals surface area (Å²) < 4.78 is 5.32. The summed E-state index contributed by atoms with van der Waals surface area (Å²) >= 11 is 0. The second-order valence-electron chi connectivity index (χ2n) is 11.2. The van der Waals surface area contributed by atoms with Crippen LogP contribution in [0.2, 0.25) is 0 Å². The minimum absolute atomic E-state index is 0.0912. The van der Waals surface area contributed by atoms with Gasteiger partial charge in [-0.3, -0.25) is 14.4 Å². The molecule has 1 aromatic rings. The minimum atomic E-state index is -1.36. The normalized spacial score (nSPS) is 12.8. The van der Waals surface area contributed by atoms with Crippen molar-refractivity contribution < 1.29 is 29.0 Å². The van der Waals surface area contributed by atoms with E-state index in [4.69, 9.17) is 10.5 Å². The molecule has 0 radical (unpaired) electrons. The number of nitrogens with zero attached hydrogens (tertiary/aromatic N) is 1. The number of rotatable bonds is 17. The lowest BCUT2D eigenvalue weighted by atomic mass is 9.98. The molecule has 10 nitrogen and oxygen atoms in total. The molecule has 0 heterocycles. The number of unbranched alkanes of at least 4 members (excludes halogenated alkanes) is 6. The molecule has 10 heteroatoms. The Morgan fingerprint density at radius 1 is 1.00 bits per heavy atom. The number of amides is 4. The van der Waals surface area contributed by atoms with Crippen molar-refractivity contribution in [3.63, 3.8) is 0 Å². The molecule has 0 aliphatic heterocycles. The molecular weight excluding hydrogens is 512 g/mol. The molecule has 0 aliphatic rings. The number of hydrogen-bond acceptors (Lipinski definition) is 6. The average Bonchev–Trinajstić information content (AvgIpc) is 2.85. The van der Waals surface area contributed by atoms with Gasteiger partial charge in [-0.05, 0) is 46.1 Å². The van der Waals surface area contributed by atoms with Crippen molar-refractivity contribution in [2.24, 2.45) is 5.73 Å². The lowest BCUT2D eigenvalue weighted by Crippen LogP contribution is -2.54. The quantitative estimate of drug-likeness (QED) is 0.204. The Bertz CT molecular complexity index is 975. The molecular formula is C30H50N4O6. The number of hydrogen-bond donors (Lipinski definition) is 4. The summed E-state index contributed by atoms with van der Waals surface area (Å²) in [5, 5.41) is 16.4. The van der Waals surface area contributed by atoms with Gasteiger partial charge in [-0.2, -0.15) is 0 Å². The van der Waals surface area contributed by atoms with Gasteiger partial charge in [0.25, 0.3) is 0 Å². The molecule has 5 N–H and O–H groups in total. The van der Waals surface area contributed by atoms with Gasteiger partial charge in [-0.15, -0.1) is 0 Å². The summed E-state index contributed by atoms with van der Waals surface area (Å²) in [6, 6.07) is 2.50. The second-order valence-corrected chi connectivity index (χ2v) is 11.2. The van der Waals surface area contributed by atoms with E-state index >= 15 is 0 Å². The van der Waals surface area contributed by atoms with E-state index in [9.17, 15) is 24.3 Å². The number of phenols is 1. The van der Waals surface area contributed by atoms with Crippen molar-refractivity contribution in [1.29, 1.82) is 0 Å². The van der Waals surface area contributed by atoms with Gasteiger partial charge in [-0.1, -0.05) is 70.6 Å². The highest BCUT2D eigenvalue weighted by atomic mass is 16.6. The number of nitrogens with one attached hydrogen (secondary N) is 2. The Kier molecular flexibility index (Phi) is 15.1. The van der Waals surface area contributed by atoms with Gasteiger partial charge >= 0.3 is 6.09 Å². The number of aromatic hydroxyl groups is 1. The summed E-state index contributed by atoms with van der Waals surface area (Å²) in [5.74, 6) is -1.99. The zero-order chi connectivity index (χ0) is 30.3. The van der Waals surface area contributed by atoms with E-state index in [1.54, 1.807) is 45.9 Å². The molecule has 4 amide bonds. The third-order valence-electron chi connectivity index (χ3n) is 6.38. The number of primary amides is 1. The Labute approximate surface area is 239 Å². The maximum Gasteiger partial charge on any atom is 0.408 e. The number of carbonyl (C=O) groups excluding carboxylic acids is 4. The molecule has 226 valence electrons. The third-order valence-corrected chi connectivity index (χ3v) is 6.38. The molecule has 1 aromatic carbocycles. The number of phenolic OH excluding ortho intramolecular Hbond substituents is 1. The maximum absolute atomic E-state index is 14.1. The minimum Gasteiger partial charge on any atom is -0.507 e. The van der Waals surface area contributed by atoms with E-state index < -0.39 is 47.9 Å². The Balaban J connectivity index is 3.52. The van der Waals surface area contributed by atoms with Gasteiger partial charge in [-0.25, -0.2) is 4.79 Å². The summed E-state index contributed by atoms with van der Waals surface area (Å²) in [4.78, 5) is 53.7. The van der Waals surface area contributed by atoms with E-state index in [1.165, 1.54) is 4.90 Å². The monoisotopic (exact) mass is 562 g/mol. The van der Waals surface area contributed by atoms with Crippen LogP contribution in [0.15, 0.2) is 18.2 Å². The molecule has 0 fully saturated rings. The smallest absolute Gasteiger partial charge is 0.408 e. The van der Waals surface area contributed by atoms with Gasteiger partial charge in [0.15, 0.2) is 0 Å². The number of nitrogens with two attached hydrogens (primary N) is 1. The lowest BCUT2D eigenvalue weighted by Gasteiger charge is -2.34. The van der Waals surface area contributed by atoms with Crippen molar-refractivity contribution in [2.75, 3.05) is 13.1 Å². The average molecular weight is 563 g/mol. The van der Waals surface area contributed by atoms with Gasteiger partial charge in [0, 0.05) is 18.7 Å². The van der Waals surface area contributed by atoms with Gasteiger partial charge in [0.05, 0.1) is 6.42 Å². The number of aryl methyl sites for hydroxylation is 1. The Hall–Kier alpha value is -3.30. The zero-order valence-electron chi connectivity index (χ0n) is 25.2. The van der Waals surface area contributed by atoms with Crippen LogP contribution in [0.1, 0.15) is 110 Å². The second kappa shape index (κ2) is 17.4. The van der Waals surface area contributed by atoms with Crippen LogP contribution in [0.3, 0.4) is 0 Å². The van der Waals surface area contributed by atoms with Crippen LogP contribution in [0.25, 0.3) is 0 Å². The van der Waals surface area contributed by atoms with Crippen molar-refractivity contribution in [2.45, 2.75) is 117 Å². The number of para-hydroxylation sites is 1. The number of benzene rings is 1. The van der Waals surface area contributed by atoms with Gasteiger partial charge in [0.2, 0.25) is 17.7 Å². The molecule has 2 atom stereocenters.